The van der Waals surface area contributed by atoms with Crippen LogP contribution in [0, 0.1) is 0 Å². The maximum absolute atomic E-state index is 11.9. The van der Waals surface area contributed by atoms with Crippen LogP contribution in [0.2, 0.25) is 0 Å². The number of morpholine rings is 1. The van der Waals surface area contributed by atoms with E-state index in [0.29, 0.717) is 43.7 Å². The lowest BCUT2D eigenvalue weighted by Crippen LogP contribution is -2.37. The molecule has 0 unspecified atom stereocenters. The highest BCUT2D eigenvalue weighted by Crippen LogP contribution is 2.28. The first-order valence-corrected chi connectivity index (χ1v) is 11.9. The zero-order chi connectivity index (χ0) is 24.9. The molecular formula is C26H29N7O3. The molecule has 2 N–H and O–H groups in total. The molecule has 0 aliphatic carbocycles. The quantitative estimate of drug-likeness (QED) is 0.391. The van der Waals surface area contributed by atoms with E-state index in [1.165, 1.54) is 0 Å². The van der Waals surface area contributed by atoms with Crippen molar-refractivity contribution < 1.29 is 14.3 Å². The molecule has 2 aromatic heterocycles. The molecule has 5 rings (SSSR count). The van der Waals surface area contributed by atoms with Gasteiger partial charge in [-0.3, -0.25) is 9.48 Å². The SMILES string of the molecule is CNC(=O)c1ccc(Nc2cc(-c3ccc4cnn(CCOC)c4c3)nc(N3CCOCC3)n2)cc1. The van der Waals surface area contributed by atoms with E-state index in [4.69, 9.17) is 19.4 Å². The number of anilines is 3. The summed E-state index contributed by atoms with van der Waals surface area (Å²) >= 11 is 0. The third-order valence-electron chi connectivity index (χ3n) is 6.10. The van der Waals surface area contributed by atoms with Gasteiger partial charge in [-0.2, -0.15) is 10.1 Å². The molecule has 1 amide bonds. The molecular weight excluding hydrogens is 458 g/mol. The number of carbonyl (C=O) groups is 1. The minimum Gasteiger partial charge on any atom is -0.383 e. The summed E-state index contributed by atoms with van der Waals surface area (Å²) in [6.45, 7) is 4.00. The molecule has 1 aliphatic rings. The number of methoxy groups -OCH3 is 1. The van der Waals surface area contributed by atoms with Gasteiger partial charge in [0.25, 0.3) is 5.91 Å². The van der Waals surface area contributed by atoms with Crippen LogP contribution in [0.15, 0.2) is 54.7 Å². The van der Waals surface area contributed by atoms with Gasteiger partial charge in [0, 0.05) is 55.5 Å². The fourth-order valence-corrected chi connectivity index (χ4v) is 4.13. The molecule has 1 aliphatic heterocycles. The largest absolute Gasteiger partial charge is 0.383 e. The molecule has 0 radical (unpaired) electrons. The summed E-state index contributed by atoms with van der Waals surface area (Å²) < 4.78 is 12.7. The van der Waals surface area contributed by atoms with E-state index in [0.717, 1.165) is 40.9 Å². The predicted molar refractivity (Wildman–Crippen MR) is 139 cm³/mol. The van der Waals surface area contributed by atoms with Crippen LogP contribution in [-0.4, -0.2) is 72.7 Å². The summed E-state index contributed by atoms with van der Waals surface area (Å²) in [5.41, 5.74) is 4.22. The van der Waals surface area contributed by atoms with Gasteiger partial charge in [0.1, 0.15) is 5.82 Å². The molecule has 10 nitrogen and oxygen atoms in total. The Morgan fingerprint density at radius 1 is 1.08 bits per heavy atom. The van der Waals surface area contributed by atoms with Gasteiger partial charge in [0.2, 0.25) is 5.95 Å². The van der Waals surface area contributed by atoms with Crippen molar-refractivity contribution in [3.8, 4) is 11.3 Å². The highest BCUT2D eigenvalue weighted by atomic mass is 16.5. The number of fused-ring (bicyclic) bond motifs is 1. The van der Waals surface area contributed by atoms with Crippen molar-refractivity contribution in [3.05, 3.63) is 60.3 Å². The van der Waals surface area contributed by atoms with Crippen molar-refractivity contribution in [3.63, 3.8) is 0 Å². The minimum absolute atomic E-state index is 0.124. The zero-order valence-electron chi connectivity index (χ0n) is 20.4. The number of nitrogens with zero attached hydrogens (tertiary/aromatic N) is 5. The maximum atomic E-state index is 11.9. The molecule has 36 heavy (non-hydrogen) atoms. The number of rotatable bonds is 8. The molecule has 4 aromatic rings. The van der Waals surface area contributed by atoms with Crippen LogP contribution < -0.4 is 15.5 Å². The fourth-order valence-electron chi connectivity index (χ4n) is 4.13. The minimum atomic E-state index is -0.124. The fraction of sp³-hybridized carbons (Fsp3) is 0.308. The molecule has 186 valence electrons. The number of benzene rings is 2. The molecule has 3 heterocycles. The Balaban J connectivity index is 1.50. The highest BCUT2D eigenvalue weighted by molar-refractivity contribution is 5.94. The highest BCUT2D eigenvalue weighted by Gasteiger charge is 2.17. The van der Waals surface area contributed by atoms with Crippen molar-refractivity contribution in [2.45, 2.75) is 6.54 Å². The average Bonchev–Trinajstić information content (AvgIpc) is 3.34. The second kappa shape index (κ2) is 10.7. The van der Waals surface area contributed by atoms with E-state index < -0.39 is 0 Å². The first-order chi connectivity index (χ1) is 17.6. The summed E-state index contributed by atoms with van der Waals surface area (Å²) in [6.07, 6.45) is 1.86. The molecule has 1 saturated heterocycles. The van der Waals surface area contributed by atoms with Crippen LogP contribution in [0.4, 0.5) is 17.5 Å². The number of ether oxygens (including phenoxy) is 2. The average molecular weight is 488 g/mol. The summed E-state index contributed by atoms with van der Waals surface area (Å²) in [5.74, 6) is 1.19. The summed E-state index contributed by atoms with van der Waals surface area (Å²) in [7, 11) is 3.30. The molecule has 0 spiro atoms. The molecule has 1 fully saturated rings. The molecule has 0 atom stereocenters. The molecule has 0 saturated carbocycles. The number of nitrogens with one attached hydrogen (secondary N) is 2. The number of carbonyl (C=O) groups excluding carboxylic acids is 1. The van der Waals surface area contributed by atoms with Crippen LogP contribution in [0.5, 0.6) is 0 Å². The maximum Gasteiger partial charge on any atom is 0.251 e. The van der Waals surface area contributed by atoms with Crippen LogP contribution in [-0.2, 0) is 16.0 Å². The van der Waals surface area contributed by atoms with E-state index >= 15 is 0 Å². The predicted octanol–water partition coefficient (Wildman–Crippen LogP) is 3.08. The van der Waals surface area contributed by atoms with Gasteiger partial charge in [0.15, 0.2) is 0 Å². The Kier molecular flexibility index (Phi) is 7.06. The van der Waals surface area contributed by atoms with Crippen molar-refractivity contribution in [1.29, 1.82) is 0 Å². The van der Waals surface area contributed by atoms with E-state index in [-0.39, 0.29) is 5.91 Å². The van der Waals surface area contributed by atoms with E-state index in [1.807, 2.05) is 29.1 Å². The van der Waals surface area contributed by atoms with Crippen molar-refractivity contribution in [2.24, 2.45) is 0 Å². The van der Waals surface area contributed by atoms with E-state index in [2.05, 4.69) is 38.8 Å². The Hall–Kier alpha value is -4.02. The van der Waals surface area contributed by atoms with Gasteiger partial charge in [-0.05, 0) is 30.3 Å². The van der Waals surface area contributed by atoms with Crippen molar-refractivity contribution in [2.75, 3.05) is 57.3 Å². The Labute approximate surface area is 209 Å². The Morgan fingerprint density at radius 2 is 1.89 bits per heavy atom. The lowest BCUT2D eigenvalue weighted by Gasteiger charge is -2.27. The first-order valence-electron chi connectivity index (χ1n) is 11.9. The number of hydrogen-bond acceptors (Lipinski definition) is 8. The smallest absolute Gasteiger partial charge is 0.251 e. The van der Waals surface area contributed by atoms with E-state index in [1.54, 1.807) is 26.3 Å². The summed E-state index contributed by atoms with van der Waals surface area (Å²) in [4.78, 5) is 23.7. The van der Waals surface area contributed by atoms with E-state index in [9.17, 15) is 4.79 Å². The lowest BCUT2D eigenvalue weighted by molar-refractivity contribution is 0.0963. The van der Waals surface area contributed by atoms with Crippen LogP contribution in [0.1, 0.15) is 10.4 Å². The van der Waals surface area contributed by atoms with Gasteiger partial charge in [-0.1, -0.05) is 12.1 Å². The van der Waals surface area contributed by atoms with Gasteiger partial charge in [-0.15, -0.1) is 0 Å². The Bertz CT molecular complexity index is 1350. The zero-order valence-corrected chi connectivity index (χ0v) is 20.4. The van der Waals surface area contributed by atoms with Gasteiger partial charge < -0.3 is 25.0 Å². The van der Waals surface area contributed by atoms with Crippen LogP contribution in [0.3, 0.4) is 0 Å². The summed E-state index contributed by atoms with van der Waals surface area (Å²) in [5, 5.41) is 11.6. The van der Waals surface area contributed by atoms with Crippen LogP contribution in [0.25, 0.3) is 22.2 Å². The lowest BCUT2D eigenvalue weighted by atomic mass is 10.1. The monoisotopic (exact) mass is 487 g/mol. The molecule has 0 bridgehead atoms. The Morgan fingerprint density at radius 3 is 2.64 bits per heavy atom. The first kappa shape index (κ1) is 23.7. The van der Waals surface area contributed by atoms with Gasteiger partial charge in [-0.25, -0.2) is 4.98 Å². The third kappa shape index (κ3) is 5.14. The number of amides is 1. The standard InChI is InChI=1S/C26H29N7O3/c1-27-25(34)18-5-7-21(8-6-18)29-24-16-22(30-26(31-24)32-9-13-36-14-10-32)19-3-4-20-17-28-33(11-12-35-2)23(20)15-19/h3-8,15-17H,9-14H2,1-2H3,(H,27,34)(H,29,30,31). The molecule has 10 heteroatoms. The van der Waals surface area contributed by atoms with Crippen molar-refractivity contribution in [1.82, 2.24) is 25.1 Å². The second-order valence-electron chi connectivity index (χ2n) is 8.45. The number of hydrogen-bond donors (Lipinski definition) is 2. The van der Waals surface area contributed by atoms with Gasteiger partial charge >= 0.3 is 0 Å². The second-order valence-corrected chi connectivity index (χ2v) is 8.45. The summed E-state index contributed by atoms with van der Waals surface area (Å²) in [6, 6.07) is 15.4. The third-order valence-corrected chi connectivity index (χ3v) is 6.10. The van der Waals surface area contributed by atoms with Gasteiger partial charge in [0.05, 0.1) is 43.8 Å². The van der Waals surface area contributed by atoms with Crippen molar-refractivity contribution >= 4 is 34.3 Å². The normalized spacial score (nSPS) is 13.7. The van der Waals surface area contributed by atoms with Crippen LogP contribution >= 0.6 is 0 Å². The molecule has 2 aromatic carbocycles. The topological polar surface area (TPSA) is 106 Å². The number of aromatic nitrogens is 4.